The van der Waals surface area contributed by atoms with E-state index in [0.29, 0.717) is 63.3 Å². The molecular weight excluding hydrogens is 513 g/mol. The molecule has 1 saturated carbocycles. The van der Waals surface area contributed by atoms with Gasteiger partial charge in [0.15, 0.2) is 5.65 Å². The molecule has 2 fully saturated rings. The van der Waals surface area contributed by atoms with Crippen LogP contribution in [0.1, 0.15) is 44.6 Å². The first-order valence-electron chi connectivity index (χ1n) is 11.7. The van der Waals surface area contributed by atoms with Crippen LogP contribution in [0.15, 0.2) is 18.3 Å². The monoisotopic (exact) mass is 537 g/mol. The van der Waals surface area contributed by atoms with Gasteiger partial charge in [-0.25, -0.2) is 9.97 Å². The molecule has 1 amide bonds. The fourth-order valence-electron chi connectivity index (χ4n) is 4.82. The van der Waals surface area contributed by atoms with Crippen molar-refractivity contribution in [1.29, 1.82) is 0 Å². The number of hydrogen-bond donors (Lipinski definition) is 3. The standard InChI is InChI=1S/C23H26Cl3N7O2/c24-13-8-16(25)19(17(26)9-13)31-23-30-18-10-28-22(29-14-2-1-7-35-11-14)32-21(18)33(23)15-5-3-12(4-6-15)20(27)34/h8-10,12,14-15H,1-7,11H2,(H2,27,34)(H,30,31)(H,28,29,32)/t12?,14-,15?/m0/s1. The molecule has 12 heteroatoms. The number of imidazole rings is 1. The van der Waals surface area contributed by atoms with Crippen molar-refractivity contribution in [2.24, 2.45) is 11.7 Å². The highest BCUT2D eigenvalue weighted by atomic mass is 35.5. The molecule has 3 heterocycles. The van der Waals surface area contributed by atoms with E-state index in [9.17, 15) is 4.79 Å². The molecule has 0 unspecified atom stereocenters. The van der Waals surface area contributed by atoms with Crippen molar-refractivity contribution >= 4 is 69.5 Å². The molecule has 2 aliphatic rings. The molecule has 4 N–H and O–H groups in total. The minimum Gasteiger partial charge on any atom is -0.379 e. The lowest BCUT2D eigenvalue weighted by molar-refractivity contribution is -0.122. The van der Waals surface area contributed by atoms with Crippen molar-refractivity contribution < 1.29 is 9.53 Å². The normalized spacial score (nSPS) is 22.8. The van der Waals surface area contributed by atoms with Gasteiger partial charge in [0.05, 0.1) is 34.6 Å². The first-order valence-corrected chi connectivity index (χ1v) is 12.8. The summed E-state index contributed by atoms with van der Waals surface area (Å²) in [6, 6.07) is 3.46. The summed E-state index contributed by atoms with van der Waals surface area (Å²) in [5.74, 6) is 0.700. The molecule has 9 nitrogen and oxygen atoms in total. The maximum Gasteiger partial charge on any atom is 0.225 e. The molecule has 186 valence electrons. The van der Waals surface area contributed by atoms with Crippen molar-refractivity contribution in [1.82, 2.24) is 19.5 Å². The Hall–Kier alpha value is -2.33. The summed E-state index contributed by atoms with van der Waals surface area (Å²) < 4.78 is 7.63. The van der Waals surface area contributed by atoms with Gasteiger partial charge in [0.25, 0.3) is 0 Å². The number of carbonyl (C=O) groups excluding carboxylic acids is 1. The van der Waals surface area contributed by atoms with Crippen LogP contribution in [-0.2, 0) is 9.53 Å². The Bertz CT molecular complexity index is 1210. The summed E-state index contributed by atoms with van der Waals surface area (Å²) in [7, 11) is 0. The highest BCUT2D eigenvalue weighted by Crippen LogP contribution is 2.40. The highest BCUT2D eigenvalue weighted by Gasteiger charge is 2.29. The average molecular weight is 539 g/mol. The predicted molar refractivity (Wildman–Crippen MR) is 138 cm³/mol. The number of carbonyl (C=O) groups is 1. The summed E-state index contributed by atoms with van der Waals surface area (Å²) in [5.41, 5.74) is 7.38. The lowest BCUT2D eigenvalue weighted by Crippen LogP contribution is -2.31. The Labute approximate surface area is 217 Å². The number of anilines is 3. The molecule has 1 aromatic carbocycles. The highest BCUT2D eigenvalue weighted by molar-refractivity contribution is 6.41. The van der Waals surface area contributed by atoms with E-state index in [-0.39, 0.29) is 23.9 Å². The van der Waals surface area contributed by atoms with E-state index in [1.165, 1.54) is 0 Å². The van der Waals surface area contributed by atoms with Crippen molar-refractivity contribution in [3.05, 3.63) is 33.4 Å². The molecule has 35 heavy (non-hydrogen) atoms. The summed E-state index contributed by atoms with van der Waals surface area (Å²) in [6.45, 7) is 1.40. The van der Waals surface area contributed by atoms with Gasteiger partial charge < -0.3 is 21.1 Å². The Kier molecular flexibility index (Phi) is 7.20. The second-order valence-corrected chi connectivity index (χ2v) is 10.3. The summed E-state index contributed by atoms with van der Waals surface area (Å²) in [5, 5.41) is 7.87. The number of hydrogen-bond acceptors (Lipinski definition) is 7. The zero-order chi connectivity index (χ0) is 24.5. The number of rotatable bonds is 6. The summed E-state index contributed by atoms with van der Waals surface area (Å²) in [4.78, 5) is 25.8. The minimum absolute atomic E-state index is 0.0590. The Balaban J connectivity index is 1.52. The SMILES string of the molecule is NC(=O)C1CCC(n2c(Nc3c(Cl)cc(Cl)cc3Cl)nc3cnc(N[C@H]4CCCOC4)nc32)CC1. The van der Waals surface area contributed by atoms with Crippen LogP contribution < -0.4 is 16.4 Å². The molecule has 3 aromatic rings. The number of benzene rings is 1. The van der Waals surface area contributed by atoms with Crippen molar-refractivity contribution in [2.75, 3.05) is 23.8 Å². The number of nitrogens with zero attached hydrogens (tertiary/aromatic N) is 4. The number of aromatic nitrogens is 4. The van der Waals surface area contributed by atoms with Crippen molar-refractivity contribution in [3.63, 3.8) is 0 Å². The topological polar surface area (TPSA) is 120 Å². The third-order valence-corrected chi connectivity index (χ3v) is 7.45. The third kappa shape index (κ3) is 5.28. The Morgan fingerprint density at radius 2 is 1.83 bits per heavy atom. The third-order valence-electron chi connectivity index (χ3n) is 6.63. The maximum atomic E-state index is 11.7. The van der Waals surface area contributed by atoms with E-state index >= 15 is 0 Å². The number of nitrogens with one attached hydrogen (secondary N) is 2. The zero-order valence-electron chi connectivity index (χ0n) is 18.9. The number of ether oxygens (including phenoxy) is 1. The number of amides is 1. The van der Waals surface area contributed by atoms with Crippen LogP contribution in [0.3, 0.4) is 0 Å². The molecule has 5 rings (SSSR count). The van der Waals surface area contributed by atoms with Crippen LogP contribution in [0.2, 0.25) is 15.1 Å². The van der Waals surface area contributed by atoms with E-state index in [4.69, 9.17) is 55.2 Å². The summed E-state index contributed by atoms with van der Waals surface area (Å²) in [6.07, 6.45) is 6.64. The van der Waals surface area contributed by atoms with Gasteiger partial charge in [0.1, 0.15) is 5.52 Å². The van der Waals surface area contributed by atoms with E-state index in [2.05, 4.69) is 20.2 Å². The van der Waals surface area contributed by atoms with Crippen LogP contribution in [0, 0.1) is 5.92 Å². The zero-order valence-corrected chi connectivity index (χ0v) is 21.2. The lowest BCUT2D eigenvalue weighted by atomic mass is 9.85. The van der Waals surface area contributed by atoms with E-state index < -0.39 is 0 Å². The van der Waals surface area contributed by atoms with Gasteiger partial charge >= 0.3 is 0 Å². The van der Waals surface area contributed by atoms with Crippen molar-refractivity contribution in [3.8, 4) is 0 Å². The number of halogens is 3. The van der Waals surface area contributed by atoms with Gasteiger partial charge in [-0.1, -0.05) is 34.8 Å². The largest absolute Gasteiger partial charge is 0.379 e. The lowest BCUT2D eigenvalue weighted by Gasteiger charge is -2.29. The van der Waals surface area contributed by atoms with Gasteiger partial charge in [-0.2, -0.15) is 4.98 Å². The fourth-order valence-corrected chi connectivity index (χ4v) is 5.74. The van der Waals surface area contributed by atoms with Crippen molar-refractivity contribution in [2.45, 2.75) is 50.6 Å². The molecule has 0 radical (unpaired) electrons. The number of primary amides is 1. The van der Waals surface area contributed by atoms with E-state index in [1.54, 1.807) is 18.3 Å². The predicted octanol–water partition coefficient (Wildman–Crippen LogP) is 5.34. The smallest absolute Gasteiger partial charge is 0.225 e. The van der Waals surface area contributed by atoms with Crippen LogP contribution in [0.5, 0.6) is 0 Å². The number of nitrogens with two attached hydrogens (primary N) is 1. The summed E-state index contributed by atoms with van der Waals surface area (Å²) >= 11 is 19.0. The molecule has 1 atom stereocenters. The Morgan fingerprint density at radius 1 is 1.09 bits per heavy atom. The van der Waals surface area contributed by atoms with Gasteiger partial charge in [0.2, 0.25) is 17.8 Å². The van der Waals surface area contributed by atoms with Crippen LogP contribution in [0.25, 0.3) is 11.2 Å². The van der Waals surface area contributed by atoms with Gasteiger partial charge in [-0.3, -0.25) is 9.36 Å². The van der Waals surface area contributed by atoms with Gasteiger partial charge in [-0.05, 0) is 50.7 Å². The molecule has 2 aromatic heterocycles. The first-order chi connectivity index (χ1) is 16.9. The second kappa shape index (κ2) is 10.3. The van der Waals surface area contributed by atoms with Gasteiger partial charge in [0, 0.05) is 23.6 Å². The number of fused-ring (bicyclic) bond motifs is 1. The van der Waals surface area contributed by atoms with Crippen LogP contribution in [0.4, 0.5) is 17.6 Å². The van der Waals surface area contributed by atoms with E-state index in [1.807, 2.05) is 0 Å². The quantitative estimate of drug-likeness (QED) is 0.387. The second-order valence-electron chi connectivity index (χ2n) is 9.04. The fraction of sp³-hybridized carbons (Fsp3) is 0.478. The molecular formula is C23H26Cl3N7O2. The van der Waals surface area contributed by atoms with Gasteiger partial charge in [-0.15, -0.1) is 0 Å². The molecule has 1 aliphatic carbocycles. The molecule has 1 aliphatic heterocycles. The first kappa shape index (κ1) is 24.4. The van der Waals surface area contributed by atoms with E-state index in [0.717, 1.165) is 32.3 Å². The Morgan fingerprint density at radius 3 is 2.49 bits per heavy atom. The molecule has 0 spiro atoms. The van der Waals surface area contributed by atoms with Crippen LogP contribution >= 0.6 is 34.8 Å². The minimum atomic E-state index is -0.250. The molecule has 0 bridgehead atoms. The molecule has 1 saturated heterocycles. The average Bonchev–Trinajstić information content (AvgIpc) is 3.19. The van der Waals surface area contributed by atoms with Crippen LogP contribution in [-0.4, -0.2) is 44.7 Å². The maximum absolute atomic E-state index is 11.7.